The number of nitrogens with two attached hydrogens (primary N) is 1. The summed E-state index contributed by atoms with van der Waals surface area (Å²) in [5.41, 5.74) is 8.38. The van der Waals surface area contributed by atoms with Gasteiger partial charge in [0, 0.05) is 18.7 Å². The second kappa shape index (κ2) is 11.4. The standard InChI is InChI=1S/C23H34N4O2/c1-5-8-9-10-11-16-29-19-14-12-18(13-15-19)21-20(17(4)25-23(24)26-21)22(28)27(6-2)7-3/h12-15H,5-11,16H2,1-4H3,(H2,24,25,26). The Labute approximate surface area is 174 Å². The molecule has 2 aromatic rings. The number of unbranched alkanes of at least 4 members (excludes halogenated alkanes) is 4. The molecule has 2 rings (SSSR count). The van der Waals surface area contributed by atoms with Crippen LogP contribution < -0.4 is 10.5 Å². The number of carbonyl (C=O) groups excluding carboxylic acids is 1. The van der Waals surface area contributed by atoms with Gasteiger partial charge in [-0.15, -0.1) is 0 Å². The molecule has 1 aromatic heterocycles. The molecular formula is C23H34N4O2. The molecule has 6 heteroatoms. The quantitative estimate of drug-likeness (QED) is 0.546. The lowest BCUT2D eigenvalue weighted by atomic mass is 10.0. The molecule has 0 bridgehead atoms. The van der Waals surface area contributed by atoms with Gasteiger partial charge >= 0.3 is 0 Å². The summed E-state index contributed by atoms with van der Waals surface area (Å²) in [6, 6.07) is 7.68. The fourth-order valence-corrected chi connectivity index (χ4v) is 3.33. The number of nitrogens with zero attached hydrogens (tertiary/aromatic N) is 3. The molecule has 1 heterocycles. The maximum absolute atomic E-state index is 13.0. The molecule has 158 valence electrons. The molecule has 0 saturated heterocycles. The van der Waals surface area contributed by atoms with Gasteiger partial charge in [-0.2, -0.15) is 0 Å². The van der Waals surface area contributed by atoms with Crippen molar-refractivity contribution in [3.05, 3.63) is 35.5 Å². The zero-order valence-corrected chi connectivity index (χ0v) is 18.2. The van der Waals surface area contributed by atoms with Gasteiger partial charge in [0.2, 0.25) is 5.95 Å². The van der Waals surface area contributed by atoms with Crippen LogP contribution in [-0.2, 0) is 0 Å². The van der Waals surface area contributed by atoms with Crippen molar-refractivity contribution in [2.45, 2.75) is 59.8 Å². The van der Waals surface area contributed by atoms with Crippen molar-refractivity contribution in [1.82, 2.24) is 14.9 Å². The lowest BCUT2D eigenvalue weighted by Crippen LogP contribution is -2.32. The highest BCUT2D eigenvalue weighted by atomic mass is 16.5. The number of amides is 1. The van der Waals surface area contributed by atoms with E-state index < -0.39 is 0 Å². The Morgan fingerprint density at radius 2 is 1.66 bits per heavy atom. The fraction of sp³-hybridized carbons (Fsp3) is 0.522. The molecule has 0 saturated carbocycles. The Balaban J connectivity index is 2.18. The van der Waals surface area contributed by atoms with E-state index in [-0.39, 0.29) is 11.9 Å². The molecule has 6 nitrogen and oxygen atoms in total. The Bertz CT molecular complexity index is 786. The summed E-state index contributed by atoms with van der Waals surface area (Å²) in [7, 11) is 0. The van der Waals surface area contributed by atoms with Crippen LogP contribution in [0.1, 0.15) is 68.9 Å². The van der Waals surface area contributed by atoms with E-state index in [2.05, 4.69) is 16.9 Å². The maximum atomic E-state index is 13.0. The Morgan fingerprint density at radius 3 is 2.28 bits per heavy atom. The van der Waals surface area contributed by atoms with Crippen LogP contribution in [0.15, 0.2) is 24.3 Å². The topological polar surface area (TPSA) is 81.3 Å². The molecule has 2 N–H and O–H groups in total. The van der Waals surface area contributed by atoms with Crippen LogP contribution >= 0.6 is 0 Å². The molecular weight excluding hydrogens is 364 g/mol. The highest BCUT2D eigenvalue weighted by Gasteiger charge is 2.22. The van der Waals surface area contributed by atoms with E-state index in [4.69, 9.17) is 10.5 Å². The maximum Gasteiger partial charge on any atom is 0.257 e. The zero-order valence-electron chi connectivity index (χ0n) is 18.2. The zero-order chi connectivity index (χ0) is 21.2. The molecule has 0 aliphatic carbocycles. The predicted octanol–water partition coefficient (Wildman–Crippen LogP) is 4.87. The monoisotopic (exact) mass is 398 g/mol. The normalized spacial score (nSPS) is 10.8. The summed E-state index contributed by atoms with van der Waals surface area (Å²) in [5, 5.41) is 0. The van der Waals surface area contributed by atoms with Gasteiger partial charge < -0.3 is 15.4 Å². The number of anilines is 1. The minimum absolute atomic E-state index is 0.0742. The van der Waals surface area contributed by atoms with Crippen molar-refractivity contribution < 1.29 is 9.53 Å². The molecule has 0 aliphatic rings. The summed E-state index contributed by atoms with van der Waals surface area (Å²) in [4.78, 5) is 23.4. The minimum atomic E-state index is -0.0742. The number of hydrogen-bond donors (Lipinski definition) is 1. The third-order valence-electron chi connectivity index (χ3n) is 5.02. The highest BCUT2D eigenvalue weighted by molar-refractivity contribution is 6.01. The van der Waals surface area contributed by atoms with Crippen molar-refractivity contribution >= 4 is 11.9 Å². The van der Waals surface area contributed by atoms with Crippen molar-refractivity contribution in [3.63, 3.8) is 0 Å². The molecule has 0 fully saturated rings. The number of nitrogen functional groups attached to an aromatic ring is 1. The number of aromatic nitrogens is 2. The van der Waals surface area contributed by atoms with Gasteiger partial charge in [0.25, 0.3) is 5.91 Å². The van der Waals surface area contributed by atoms with Crippen LogP contribution in [0.5, 0.6) is 5.75 Å². The Morgan fingerprint density at radius 1 is 1.00 bits per heavy atom. The first-order valence-electron chi connectivity index (χ1n) is 10.7. The van der Waals surface area contributed by atoms with Crippen LogP contribution in [0.3, 0.4) is 0 Å². The predicted molar refractivity (Wildman–Crippen MR) is 118 cm³/mol. The lowest BCUT2D eigenvalue weighted by molar-refractivity contribution is 0.0772. The van der Waals surface area contributed by atoms with Gasteiger partial charge in [0.1, 0.15) is 5.75 Å². The summed E-state index contributed by atoms with van der Waals surface area (Å²) in [6.45, 7) is 9.91. The molecule has 0 unspecified atom stereocenters. The number of aryl methyl sites for hydroxylation is 1. The van der Waals surface area contributed by atoms with Crippen molar-refractivity contribution in [2.75, 3.05) is 25.4 Å². The van der Waals surface area contributed by atoms with Crippen LogP contribution in [0.4, 0.5) is 5.95 Å². The van der Waals surface area contributed by atoms with Gasteiger partial charge in [-0.1, -0.05) is 32.6 Å². The van der Waals surface area contributed by atoms with Gasteiger partial charge in [-0.25, -0.2) is 9.97 Å². The van der Waals surface area contributed by atoms with E-state index in [0.29, 0.717) is 36.6 Å². The van der Waals surface area contributed by atoms with Crippen LogP contribution in [0, 0.1) is 6.92 Å². The number of rotatable bonds is 11. The number of ether oxygens (including phenoxy) is 1. The smallest absolute Gasteiger partial charge is 0.257 e. The molecule has 29 heavy (non-hydrogen) atoms. The molecule has 0 aliphatic heterocycles. The van der Waals surface area contributed by atoms with E-state index in [1.54, 1.807) is 11.8 Å². The molecule has 0 radical (unpaired) electrons. The van der Waals surface area contributed by atoms with Crippen LogP contribution in [0.2, 0.25) is 0 Å². The summed E-state index contributed by atoms with van der Waals surface area (Å²) >= 11 is 0. The largest absolute Gasteiger partial charge is 0.494 e. The van der Waals surface area contributed by atoms with E-state index in [1.807, 2.05) is 38.1 Å². The summed E-state index contributed by atoms with van der Waals surface area (Å²) in [6.07, 6.45) is 6.05. The fourth-order valence-electron chi connectivity index (χ4n) is 3.33. The first-order chi connectivity index (χ1) is 14.0. The molecule has 1 amide bonds. The number of hydrogen-bond acceptors (Lipinski definition) is 5. The Kier molecular flexibility index (Phi) is 8.90. The average Bonchev–Trinajstić information content (AvgIpc) is 2.71. The van der Waals surface area contributed by atoms with E-state index in [9.17, 15) is 4.79 Å². The number of benzene rings is 1. The average molecular weight is 399 g/mol. The van der Waals surface area contributed by atoms with Crippen molar-refractivity contribution in [1.29, 1.82) is 0 Å². The SMILES string of the molecule is CCCCCCCOc1ccc(-c2nc(N)nc(C)c2C(=O)N(CC)CC)cc1. The first-order valence-corrected chi connectivity index (χ1v) is 10.7. The third kappa shape index (κ3) is 6.17. The second-order valence-electron chi connectivity index (χ2n) is 7.16. The van der Waals surface area contributed by atoms with Crippen molar-refractivity contribution in [3.8, 4) is 17.0 Å². The summed E-state index contributed by atoms with van der Waals surface area (Å²) in [5.74, 6) is 0.913. The third-order valence-corrected chi connectivity index (χ3v) is 5.02. The van der Waals surface area contributed by atoms with Crippen LogP contribution in [0.25, 0.3) is 11.3 Å². The minimum Gasteiger partial charge on any atom is -0.494 e. The lowest BCUT2D eigenvalue weighted by Gasteiger charge is -2.21. The molecule has 1 aromatic carbocycles. The Hall–Kier alpha value is -2.63. The van der Waals surface area contributed by atoms with Crippen LogP contribution in [-0.4, -0.2) is 40.5 Å². The second-order valence-corrected chi connectivity index (χ2v) is 7.16. The highest BCUT2D eigenvalue weighted by Crippen LogP contribution is 2.27. The van der Waals surface area contributed by atoms with E-state index in [1.165, 1.54) is 25.7 Å². The number of carbonyl (C=O) groups is 1. The van der Waals surface area contributed by atoms with E-state index in [0.717, 1.165) is 17.7 Å². The first kappa shape index (κ1) is 22.7. The van der Waals surface area contributed by atoms with Crippen molar-refractivity contribution in [2.24, 2.45) is 0 Å². The summed E-state index contributed by atoms with van der Waals surface area (Å²) < 4.78 is 5.84. The van der Waals surface area contributed by atoms with Gasteiger partial charge in [0.15, 0.2) is 0 Å². The molecule has 0 atom stereocenters. The van der Waals surface area contributed by atoms with Gasteiger partial charge in [0.05, 0.1) is 23.6 Å². The van der Waals surface area contributed by atoms with E-state index >= 15 is 0 Å². The molecule has 0 spiro atoms. The van der Waals surface area contributed by atoms with Gasteiger partial charge in [-0.05, 0) is 51.5 Å². The van der Waals surface area contributed by atoms with Gasteiger partial charge in [-0.3, -0.25) is 4.79 Å².